The van der Waals surface area contributed by atoms with Gasteiger partial charge in [0.05, 0.1) is 12.1 Å². The van der Waals surface area contributed by atoms with E-state index in [1.165, 1.54) is 17.5 Å². The summed E-state index contributed by atoms with van der Waals surface area (Å²) in [6.07, 6.45) is 2.30. The molecule has 0 radical (unpaired) electrons. The van der Waals surface area contributed by atoms with Gasteiger partial charge in [0, 0.05) is 80.5 Å². The Morgan fingerprint density at radius 3 is 2.17 bits per heavy atom. The molecule has 1 aliphatic rings. The summed E-state index contributed by atoms with van der Waals surface area (Å²) in [4.78, 5) is 76.7. The predicted molar refractivity (Wildman–Crippen MR) is 250 cm³/mol. The Kier molecular flexibility index (Phi) is 18.1. The first-order valence-electron chi connectivity index (χ1n) is 22.4. The highest BCUT2D eigenvalue weighted by atomic mass is 16.5. The lowest BCUT2D eigenvalue weighted by molar-refractivity contribution is -0.142. The van der Waals surface area contributed by atoms with Gasteiger partial charge < -0.3 is 36.9 Å². The normalized spacial score (nSPS) is 16.8. The number of nitrogens with zero attached hydrogens (tertiary/aromatic N) is 3. The third-order valence-corrected chi connectivity index (χ3v) is 11.6. The molecule has 14 heteroatoms. The van der Waals surface area contributed by atoms with Crippen molar-refractivity contribution >= 4 is 29.2 Å². The van der Waals surface area contributed by atoms with Gasteiger partial charge in [-0.1, -0.05) is 57.2 Å². The summed E-state index contributed by atoms with van der Waals surface area (Å²) in [6, 6.07) is 20.5. The molecule has 0 fully saturated rings. The van der Waals surface area contributed by atoms with Crippen LogP contribution < -0.4 is 32.0 Å². The number of fused-ring (bicyclic) bond motifs is 5. The predicted octanol–water partition coefficient (Wildman–Crippen LogP) is 5.84. The van der Waals surface area contributed by atoms with Gasteiger partial charge in [-0.3, -0.25) is 29.0 Å². The third kappa shape index (κ3) is 12.9. The van der Waals surface area contributed by atoms with Gasteiger partial charge in [0.15, 0.2) is 17.3 Å². The molecule has 0 spiro atoms. The molecular weight excluding hydrogens is 823 g/mol. The molecule has 4 atom stereocenters. The number of aryl methyl sites for hydroxylation is 1. The summed E-state index contributed by atoms with van der Waals surface area (Å²) in [5, 5.41) is 12.1. The van der Waals surface area contributed by atoms with Crippen LogP contribution in [-0.4, -0.2) is 85.0 Å². The molecule has 1 aromatic heterocycles. The lowest BCUT2D eigenvalue weighted by Crippen LogP contribution is -2.46. The summed E-state index contributed by atoms with van der Waals surface area (Å²) >= 11 is 0. The monoisotopic (exact) mass is 885 g/mol. The lowest BCUT2D eigenvalue weighted by Gasteiger charge is -2.32. The Hall–Kier alpha value is -6.27. The zero-order valence-electron chi connectivity index (χ0n) is 38.2. The van der Waals surface area contributed by atoms with Crippen LogP contribution in [0.25, 0.3) is 22.3 Å². The summed E-state index contributed by atoms with van der Waals surface area (Å²) in [5.41, 5.74) is 23.9. The van der Waals surface area contributed by atoms with E-state index in [1.54, 1.807) is 43.5 Å². The van der Waals surface area contributed by atoms with E-state index in [1.807, 2.05) is 37.3 Å². The van der Waals surface area contributed by atoms with E-state index in [9.17, 15) is 29.2 Å². The van der Waals surface area contributed by atoms with Crippen molar-refractivity contribution in [2.45, 2.75) is 84.7 Å². The molecule has 14 nitrogen and oxygen atoms in total. The number of benzene rings is 3. The fourth-order valence-electron chi connectivity index (χ4n) is 8.29. The largest absolute Gasteiger partial charge is 0.492 e. The number of aromatic nitrogens is 1. The van der Waals surface area contributed by atoms with Crippen molar-refractivity contribution in [2.75, 3.05) is 39.9 Å². The van der Waals surface area contributed by atoms with Gasteiger partial charge in [0.1, 0.15) is 36.4 Å². The molecule has 4 aromatic rings. The van der Waals surface area contributed by atoms with Crippen LogP contribution in [0, 0.1) is 36.0 Å². The smallest absolute Gasteiger partial charge is 0.226 e. The number of pyridine rings is 1. The number of hydrogen-bond donors (Lipinski definition) is 4. The van der Waals surface area contributed by atoms with Crippen LogP contribution in [0.2, 0.25) is 0 Å². The van der Waals surface area contributed by atoms with Crippen molar-refractivity contribution in [2.24, 2.45) is 35.0 Å². The number of amides is 2. The van der Waals surface area contributed by atoms with Crippen LogP contribution >= 0.6 is 0 Å². The number of nitrogens with two attached hydrogens (primary N) is 3. The van der Waals surface area contributed by atoms with Gasteiger partial charge in [-0.2, -0.15) is 5.26 Å². The second-order valence-corrected chi connectivity index (χ2v) is 17.3. The maximum atomic E-state index is 14.7. The Bertz CT molecular complexity index is 2380. The van der Waals surface area contributed by atoms with Gasteiger partial charge in [-0.05, 0) is 96.8 Å². The summed E-state index contributed by atoms with van der Waals surface area (Å²) in [6.45, 7) is 8.65. The van der Waals surface area contributed by atoms with Crippen molar-refractivity contribution in [3.05, 3.63) is 101 Å². The Morgan fingerprint density at radius 2 is 1.55 bits per heavy atom. The number of nitrogens with one attached hydrogen (secondary N) is 1. The topological polar surface area (TPSA) is 234 Å². The Labute approximate surface area is 382 Å². The second-order valence-electron chi connectivity index (χ2n) is 17.3. The highest BCUT2D eigenvalue weighted by molar-refractivity contribution is 6.00. The molecule has 4 bridgehead atoms. The first-order chi connectivity index (χ1) is 31.2. The SMILES string of the molecule is Cc1cc(-c2ccc(CC(C)C)cc2)cnc1C(=O)C[C@@H](CCN)C(=O)N(C)[C@@H]1C(=O)C[C@@H](C)C(=O)N[C@H](C(=O)CCC#N)Cc2ccc(OCCN)c(c2)-c2cc1ccc2OCCN. The first kappa shape index (κ1) is 49.7. The number of Topliss-reactive ketones (excluding diaryl/α,β-unsaturated/α-hetero) is 3. The van der Waals surface area contributed by atoms with Gasteiger partial charge in [-0.15, -0.1) is 0 Å². The summed E-state index contributed by atoms with van der Waals surface area (Å²) < 4.78 is 12.3. The molecule has 5 rings (SSSR count). The van der Waals surface area contributed by atoms with E-state index in [0.717, 1.165) is 17.5 Å². The molecular formula is C51H63N7O7. The number of carbonyl (C=O) groups excluding carboxylic acids is 5. The molecule has 2 heterocycles. The minimum Gasteiger partial charge on any atom is -0.492 e. The van der Waals surface area contributed by atoms with Gasteiger partial charge in [0.2, 0.25) is 11.8 Å². The molecule has 0 aliphatic carbocycles. The second kappa shape index (κ2) is 23.6. The van der Waals surface area contributed by atoms with Crippen LogP contribution in [0.4, 0.5) is 0 Å². The average Bonchev–Trinajstić information content (AvgIpc) is 3.28. The van der Waals surface area contributed by atoms with Gasteiger partial charge in [-0.25, -0.2) is 0 Å². The highest BCUT2D eigenvalue weighted by Gasteiger charge is 2.36. The number of rotatable bonds is 19. The summed E-state index contributed by atoms with van der Waals surface area (Å²) in [5.74, 6) is -2.56. The molecule has 7 N–H and O–H groups in total. The van der Waals surface area contributed by atoms with Crippen LogP contribution in [0.3, 0.4) is 0 Å². The van der Waals surface area contributed by atoms with E-state index < -0.39 is 41.5 Å². The van der Waals surface area contributed by atoms with Crippen molar-refractivity contribution in [3.63, 3.8) is 0 Å². The molecule has 1 aliphatic heterocycles. The van der Waals surface area contributed by atoms with E-state index in [0.29, 0.717) is 45.2 Å². The Balaban J connectivity index is 1.55. The quantitative estimate of drug-likeness (QED) is 0.0813. The zero-order chi connectivity index (χ0) is 47.2. The molecule has 0 unspecified atom stereocenters. The van der Waals surface area contributed by atoms with E-state index >= 15 is 0 Å². The van der Waals surface area contributed by atoms with E-state index in [-0.39, 0.29) is 88.6 Å². The van der Waals surface area contributed by atoms with Crippen LogP contribution in [0.1, 0.15) is 91.7 Å². The zero-order valence-corrected chi connectivity index (χ0v) is 38.2. The number of ketones is 3. The summed E-state index contributed by atoms with van der Waals surface area (Å²) in [7, 11) is 1.51. The van der Waals surface area contributed by atoms with Crippen molar-refractivity contribution in [1.82, 2.24) is 15.2 Å². The number of likely N-dealkylation sites (N-methyl/N-ethyl adjacent to an activating group) is 1. The standard InChI is InChI=1S/C51H63N7O7/c1-31(2)23-34-8-11-36(12-9-34)39-24-32(3)48(56-30-39)44(60)29-38(16-18-53)51(63)58(5)49-37-13-15-47(65-22-20-55)41(28-37)40-26-35(10-14-46(40)64-21-19-54)27-42(43(59)7-6-17-52)57-50(62)33(4)25-45(49)61/h8-15,24,26,28,30-31,33,38,42,49H,6-7,16,18-23,25,27,29,53-55H2,1-5H3,(H,57,62)/t33-,38-,42+,49+/m1/s1. The minimum absolute atomic E-state index is 0.0279. The maximum absolute atomic E-state index is 14.7. The fraction of sp³-hybridized carbons (Fsp3) is 0.431. The van der Waals surface area contributed by atoms with Crippen LogP contribution in [0.15, 0.2) is 72.9 Å². The van der Waals surface area contributed by atoms with E-state index in [2.05, 4.69) is 36.3 Å². The molecule has 344 valence electrons. The maximum Gasteiger partial charge on any atom is 0.226 e. The van der Waals surface area contributed by atoms with E-state index in [4.69, 9.17) is 26.7 Å². The number of carbonyl (C=O) groups is 5. The average molecular weight is 886 g/mol. The highest BCUT2D eigenvalue weighted by Crippen LogP contribution is 2.41. The van der Waals surface area contributed by atoms with Gasteiger partial charge in [0.25, 0.3) is 0 Å². The number of nitriles is 1. The van der Waals surface area contributed by atoms with Crippen molar-refractivity contribution in [3.8, 4) is 39.8 Å². The van der Waals surface area contributed by atoms with Crippen LogP contribution in [-0.2, 0) is 32.0 Å². The fourth-order valence-corrected chi connectivity index (χ4v) is 8.29. The molecule has 0 saturated carbocycles. The lowest BCUT2D eigenvalue weighted by atomic mass is 9.88. The third-order valence-electron chi connectivity index (χ3n) is 11.6. The Morgan fingerprint density at radius 1 is 0.892 bits per heavy atom. The molecule has 3 aromatic carbocycles. The number of ether oxygens (including phenoxy) is 2. The van der Waals surface area contributed by atoms with Crippen LogP contribution in [0.5, 0.6) is 11.5 Å². The minimum atomic E-state index is -1.23. The molecule has 65 heavy (non-hydrogen) atoms. The molecule has 2 amide bonds. The first-order valence-corrected chi connectivity index (χ1v) is 22.4. The van der Waals surface area contributed by atoms with Crippen molar-refractivity contribution < 1.29 is 33.4 Å². The van der Waals surface area contributed by atoms with Gasteiger partial charge >= 0.3 is 0 Å². The molecule has 0 saturated heterocycles. The van der Waals surface area contributed by atoms with Crippen molar-refractivity contribution in [1.29, 1.82) is 5.26 Å². The number of hydrogen-bond acceptors (Lipinski definition) is 12.